The molecule has 0 amide bonds. The zero-order valence-corrected chi connectivity index (χ0v) is 37.9. The number of methoxy groups -OCH3 is 1. The van der Waals surface area contributed by atoms with Crippen molar-refractivity contribution in [1.29, 1.82) is 0 Å². The third kappa shape index (κ3) is 11.2. The van der Waals surface area contributed by atoms with Gasteiger partial charge in [0.25, 0.3) is 0 Å². The zero-order chi connectivity index (χ0) is 36.7. The smallest absolute Gasteiger partial charge is 0.195 e. The number of rotatable bonds is 24. The fourth-order valence-corrected chi connectivity index (χ4v) is 18.6. The summed E-state index contributed by atoms with van der Waals surface area (Å²) in [6.07, 6.45) is 0.604. The van der Waals surface area contributed by atoms with Gasteiger partial charge in [-0.1, -0.05) is 83.1 Å². The maximum Gasteiger partial charge on any atom is 0.195 e. The molecule has 7 nitrogen and oxygen atoms in total. The highest BCUT2D eigenvalue weighted by molar-refractivity contribution is 6.75. The summed E-state index contributed by atoms with van der Waals surface area (Å²) in [5, 5.41) is 0. The third-order valence-corrected chi connectivity index (χ3v) is 31.1. The predicted molar refractivity (Wildman–Crippen MR) is 219 cm³/mol. The summed E-state index contributed by atoms with van der Waals surface area (Å²) in [4.78, 5) is 5.40. The van der Waals surface area contributed by atoms with Gasteiger partial charge >= 0.3 is 0 Å². The van der Waals surface area contributed by atoms with Gasteiger partial charge in [-0.15, -0.1) is 0 Å². The van der Waals surface area contributed by atoms with Gasteiger partial charge in [0.2, 0.25) is 0 Å². The molecule has 1 aromatic rings. The van der Waals surface area contributed by atoms with Crippen molar-refractivity contribution in [2.75, 3.05) is 13.7 Å². The van der Waals surface area contributed by atoms with Gasteiger partial charge in [-0.2, -0.15) is 0 Å². The molecule has 0 N–H and O–H groups in total. The zero-order valence-electron chi connectivity index (χ0n) is 33.9. The van der Waals surface area contributed by atoms with Crippen LogP contribution in [0.3, 0.4) is 0 Å². The molecule has 2 rings (SSSR count). The molecular formula is C38H75NO6Si4. The minimum atomic E-state index is -2.12. The fraction of sp³-hybridized carbons (Fsp3) is 0.816. The lowest BCUT2D eigenvalue weighted by Crippen LogP contribution is -2.66. The number of hydrogen-bond donors (Lipinski definition) is 0. The number of nitrogens with zero attached hydrogens (tertiary/aromatic N) is 1. The Labute approximate surface area is 306 Å². The van der Waals surface area contributed by atoms with Crippen LogP contribution in [0.25, 0.3) is 0 Å². The van der Waals surface area contributed by atoms with Gasteiger partial charge in [-0.3, -0.25) is 4.99 Å². The van der Waals surface area contributed by atoms with Crippen molar-refractivity contribution in [1.82, 2.24) is 0 Å². The summed E-state index contributed by atoms with van der Waals surface area (Å²) >= 11 is 0. The van der Waals surface area contributed by atoms with Crippen LogP contribution >= 0.6 is 0 Å². The van der Waals surface area contributed by atoms with E-state index >= 15 is 0 Å². The molecule has 1 heterocycles. The van der Waals surface area contributed by atoms with E-state index in [9.17, 15) is 0 Å². The molecule has 1 aliphatic rings. The summed E-state index contributed by atoms with van der Waals surface area (Å²) in [6.45, 7) is 28.1. The van der Waals surface area contributed by atoms with E-state index in [-0.39, 0.29) is 24.4 Å². The van der Waals surface area contributed by atoms with Gasteiger partial charge < -0.3 is 27.2 Å². The summed E-state index contributed by atoms with van der Waals surface area (Å²) < 4.78 is 42.3. The number of ether oxygens (including phenoxy) is 2. The van der Waals surface area contributed by atoms with Gasteiger partial charge in [-0.25, -0.2) is 0 Å². The maximum atomic E-state index is 7.66. The molecular weight excluding hydrogens is 679 g/mol. The maximum absolute atomic E-state index is 7.66. The van der Waals surface area contributed by atoms with E-state index < -0.39 is 39.6 Å². The second kappa shape index (κ2) is 21.2. The van der Waals surface area contributed by atoms with Crippen molar-refractivity contribution in [2.24, 2.45) is 4.99 Å². The van der Waals surface area contributed by atoms with Crippen molar-refractivity contribution in [3.63, 3.8) is 0 Å². The number of aliphatic imine (C=N–C) groups is 1. The Hall–Kier alpha value is -0.642. The molecule has 11 heteroatoms. The van der Waals surface area contributed by atoms with Crippen LogP contribution in [-0.2, 0) is 22.4 Å². The minimum Gasteiger partial charge on any atom is -0.497 e. The van der Waals surface area contributed by atoms with Crippen LogP contribution in [0.2, 0.25) is 72.5 Å². The third-order valence-electron chi connectivity index (χ3n) is 12.6. The van der Waals surface area contributed by atoms with E-state index in [2.05, 4.69) is 95.2 Å². The van der Waals surface area contributed by atoms with E-state index in [4.69, 9.17) is 32.2 Å². The molecule has 0 spiro atoms. The SMILES string of the molecule is CC[Si](CC)(CC)OCC1O[C@@H](O[Si](CC)(CC)CC)C(N=Cc2ccc(OC)cc2)[C@@H](O[Si](CC)(CC)CC)[C@@H]1O[Si](CC)(CC)CC. The van der Waals surface area contributed by atoms with Crippen molar-refractivity contribution >= 4 is 39.5 Å². The average Bonchev–Trinajstić information content (AvgIpc) is 3.16. The van der Waals surface area contributed by atoms with Gasteiger partial charge in [0, 0.05) is 6.21 Å². The predicted octanol–water partition coefficient (Wildman–Crippen LogP) is 11.0. The fourth-order valence-electron chi connectivity index (χ4n) is 7.56. The van der Waals surface area contributed by atoms with Crippen LogP contribution in [0, 0.1) is 0 Å². The summed E-state index contributed by atoms with van der Waals surface area (Å²) in [6, 6.07) is 20.5. The number of hydrogen-bond acceptors (Lipinski definition) is 7. The van der Waals surface area contributed by atoms with Crippen LogP contribution in [0.1, 0.15) is 88.6 Å². The first-order chi connectivity index (χ1) is 23.5. The topological polar surface area (TPSA) is 67.7 Å². The molecule has 0 saturated carbocycles. The van der Waals surface area contributed by atoms with Crippen molar-refractivity contribution in [3.05, 3.63) is 29.8 Å². The van der Waals surface area contributed by atoms with E-state index in [1.54, 1.807) is 7.11 Å². The van der Waals surface area contributed by atoms with Crippen LogP contribution in [0.4, 0.5) is 0 Å². The van der Waals surface area contributed by atoms with Crippen LogP contribution in [0.15, 0.2) is 29.3 Å². The first kappa shape index (κ1) is 44.5. The standard InChI is InChI=1S/C38H75NO6Si4/c1-14-46(15-2,16-3)41-31-34-36(43-47(17-4,18-5)19-6)37(44-48(20-7,21-8)22-9)35(38(42-34)45-49(23-10,24-11)25-12)39-30-32-26-28-33(40-13)29-27-32/h26-30,34-38H,14-25,31H2,1-13H3/t34?,35?,36-,37-,38+/m1/s1. The van der Waals surface area contributed by atoms with Gasteiger partial charge in [0.1, 0.15) is 24.0 Å². The Kier molecular flexibility index (Phi) is 19.2. The molecule has 1 fully saturated rings. The van der Waals surface area contributed by atoms with Gasteiger partial charge in [0.05, 0.1) is 19.8 Å². The van der Waals surface area contributed by atoms with Crippen LogP contribution in [-0.4, -0.2) is 83.8 Å². The molecule has 2 unspecified atom stereocenters. The Morgan fingerprint density at radius 3 is 1.39 bits per heavy atom. The monoisotopic (exact) mass is 753 g/mol. The molecule has 0 aromatic heterocycles. The molecule has 49 heavy (non-hydrogen) atoms. The van der Waals surface area contributed by atoms with E-state index in [0.717, 1.165) is 83.8 Å². The van der Waals surface area contributed by atoms with Gasteiger partial charge in [-0.05, 0) is 102 Å². The molecule has 0 radical (unpaired) electrons. The average molecular weight is 754 g/mol. The number of benzene rings is 1. The minimum absolute atomic E-state index is 0.279. The molecule has 284 valence electrons. The second-order valence-corrected chi connectivity index (χ2v) is 33.1. The van der Waals surface area contributed by atoms with E-state index in [0.29, 0.717) is 6.61 Å². The lowest BCUT2D eigenvalue weighted by molar-refractivity contribution is -0.234. The first-order valence-corrected chi connectivity index (χ1v) is 30.1. The normalized spacial score (nSPS) is 22.6. The summed E-state index contributed by atoms with van der Waals surface area (Å²) in [5.41, 5.74) is 1.01. The second-order valence-electron chi connectivity index (χ2n) is 14.2. The first-order valence-electron chi connectivity index (χ1n) is 20.0. The molecule has 0 aliphatic carbocycles. The summed E-state index contributed by atoms with van der Waals surface area (Å²) in [7, 11) is -6.53. The molecule has 0 bridgehead atoms. The van der Waals surface area contributed by atoms with E-state index in [1.165, 1.54) is 0 Å². The Morgan fingerprint density at radius 2 is 0.980 bits per heavy atom. The molecule has 1 aromatic carbocycles. The molecule has 5 atom stereocenters. The van der Waals surface area contributed by atoms with Gasteiger partial charge in [0.15, 0.2) is 39.6 Å². The van der Waals surface area contributed by atoms with Crippen molar-refractivity contribution in [3.8, 4) is 5.75 Å². The highest BCUT2D eigenvalue weighted by atomic mass is 28.4. The van der Waals surface area contributed by atoms with Crippen molar-refractivity contribution < 1.29 is 27.2 Å². The highest BCUT2D eigenvalue weighted by Gasteiger charge is 2.54. The lowest BCUT2D eigenvalue weighted by atomic mass is 9.97. The summed E-state index contributed by atoms with van der Waals surface area (Å²) in [5.74, 6) is 0.831. The molecule has 1 aliphatic heterocycles. The van der Waals surface area contributed by atoms with E-state index in [1.807, 2.05) is 18.3 Å². The lowest BCUT2D eigenvalue weighted by Gasteiger charge is -2.52. The highest BCUT2D eigenvalue weighted by Crippen LogP contribution is 2.40. The van der Waals surface area contributed by atoms with Crippen LogP contribution in [0.5, 0.6) is 5.75 Å². The van der Waals surface area contributed by atoms with Crippen molar-refractivity contribution in [2.45, 2.75) is 186 Å². The largest absolute Gasteiger partial charge is 0.497 e. The Bertz CT molecular complexity index is 1040. The van der Waals surface area contributed by atoms with Crippen LogP contribution < -0.4 is 4.74 Å². The quantitative estimate of drug-likeness (QED) is 0.0773. The molecule has 1 saturated heterocycles. The Balaban J connectivity index is 2.88. The Morgan fingerprint density at radius 1 is 0.571 bits per heavy atom.